The van der Waals surface area contributed by atoms with Crippen LogP contribution in [0.1, 0.15) is 194 Å². The van der Waals surface area contributed by atoms with Crippen LogP contribution >= 0.6 is 0 Å². The van der Waals surface area contributed by atoms with Crippen molar-refractivity contribution in [3.63, 3.8) is 0 Å². The van der Waals surface area contributed by atoms with Crippen LogP contribution in [0.4, 0.5) is 0 Å². The van der Waals surface area contributed by atoms with E-state index in [1.54, 1.807) is 6.08 Å². The maximum atomic E-state index is 13.3. The van der Waals surface area contributed by atoms with Crippen LogP contribution in [0.5, 0.6) is 0 Å². The zero-order valence-corrected chi connectivity index (χ0v) is 49.0. The fraction of sp³-hybridized carbons (Fsp3) is 0.823. The number of ether oxygens (including phenoxy) is 6. The molecule has 12 N–H and O–H groups in total. The lowest BCUT2D eigenvalue weighted by Gasteiger charge is -2.48. The van der Waals surface area contributed by atoms with Gasteiger partial charge in [-0.05, 0) is 57.8 Å². The van der Waals surface area contributed by atoms with E-state index in [0.717, 1.165) is 64.2 Å². The number of aliphatic hydroxyl groups is 11. The molecular weight excluding hydrogens is 1050 g/mol. The molecule has 0 radical (unpaired) electrons. The zero-order chi connectivity index (χ0) is 59.0. The van der Waals surface area contributed by atoms with Gasteiger partial charge in [0.1, 0.15) is 73.2 Å². The van der Waals surface area contributed by atoms with Gasteiger partial charge in [-0.25, -0.2) is 0 Å². The molecule has 81 heavy (non-hydrogen) atoms. The van der Waals surface area contributed by atoms with E-state index in [2.05, 4.69) is 67.8 Å². The highest BCUT2D eigenvalue weighted by Crippen LogP contribution is 2.33. The molecule has 0 saturated carbocycles. The Balaban J connectivity index is 1.50. The van der Waals surface area contributed by atoms with E-state index in [1.807, 2.05) is 6.08 Å². The Morgan fingerprint density at radius 1 is 0.457 bits per heavy atom. The molecule has 0 aliphatic carbocycles. The molecule has 1 amide bonds. The average Bonchev–Trinajstić information content (AvgIpc) is 3.52. The first-order chi connectivity index (χ1) is 39.3. The van der Waals surface area contributed by atoms with Gasteiger partial charge in [-0.3, -0.25) is 4.79 Å². The standard InChI is InChI=1S/C62H109NO18/c1-3-5-7-9-11-13-15-17-19-20-21-22-23-24-26-27-29-31-33-35-37-39-46(67)45(63-50(68)40-38-36-34-32-30-28-25-18-16-14-12-10-8-6-4-2)44-76-60-56(74)53(71)58(48(42-65)78-60)81-62-57(75)54(72)59(49(43-66)79-62)80-61-55(73)52(70)51(69)47(41-64)77-61/h6,8,12,14,18,25,30,32,37,39,45-49,51-62,64-67,69-75H,3-5,7,9-11,13,15-17,19-24,26-29,31,33-36,38,40-44H2,1-2H3,(H,63,68)/b8-6-,14-12-,25-18-,32-30-,39-37+. The summed E-state index contributed by atoms with van der Waals surface area (Å²) >= 11 is 0. The molecule has 3 saturated heterocycles. The summed E-state index contributed by atoms with van der Waals surface area (Å²) in [6.07, 6.45) is 24.9. The van der Waals surface area contributed by atoms with Gasteiger partial charge < -0.3 is 89.9 Å². The summed E-state index contributed by atoms with van der Waals surface area (Å²) in [5.74, 6) is -0.318. The number of amides is 1. The molecule has 17 unspecified atom stereocenters. The second-order valence-corrected chi connectivity index (χ2v) is 22.1. The summed E-state index contributed by atoms with van der Waals surface area (Å²) in [7, 11) is 0. The number of carbonyl (C=O) groups excluding carboxylic acids is 1. The number of allylic oxidation sites excluding steroid dienone is 9. The second-order valence-electron chi connectivity index (χ2n) is 22.1. The maximum Gasteiger partial charge on any atom is 0.220 e. The molecule has 0 spiro atoms. The topological polar surface area (TPSA) is 307 Å². The monoisotopic (exact) mass is 1160 g/mol. The summed E-state index contributed by atoms with van der Waals surface area (Å²) < 4.78 is 34.2. The van der Waals surface area contributed by atoms with Crippen LogP contribution in [0.25, 0.3) is 0 Å². The van der Waals surface area contributed by atoms with Gasteiger partial charge in [0.2, 0.25) is 5.91 Å². The van der Waals surface area contributed by atoms with Crippen LogP contribution in [-0.4, -0.2) is 193 Å². The molecule has 0 aromatic rings. The van der Waals surface area contributed by atoms with Gasteiger partial charge in [-0.2, -0.15) is 0 Å². The quantitative estimate of drug-likeness (QED) is 0.0244. The number of carbonyl (C=O) groups is 1. The van der Waals surface area contributed by atoms with Crippen molar-refractivity contribution in [2.24, 2.45) is 0 Å². The third-order valence-corrected chi connectivity index (χ3v) is 15.3. The van der Waals surface area contributed by atoms with Crippen LogP contribution in [0.3, 0.4) is 0 Å². The van der Waals surface area contributed by atoms with E-state index in [4.69, 9.17) is 28.4 Å². The van der Waals surface area contributed by atoms with Gasteiger partial charge in [0.25, 0.3) is 0 Å². The number of aliphatic hydroxyl groups excluding tert-OH is 11. The van der Waals surface area contributed by atoms with Crippen LogP contribution in [-0.2, 0) is 33.2 Å². The van der Waals surface area contributed by atoms with Crippen LogP contribution < -0.4 is 5.32 Å². The summed E-state index contributed by atoms with van der Waals surface area (Å²) in [4.78, 5) is 13.3. The van der Waals surface area contributed by atoms with Crippen molar-refractivity contribution in [2.75, 3.05) is 26.4 Å². The Kier molecular flexibility index (Phi) is 40.3. The molecule has 3 fully saturated rings. The van der Waals surface area contributed by atoms with Crippen molar-refractivity contribution < 1.29 is 89.4 Å². The molecule has 0 aromatic carbocycles. The lowest BCUT2D eigenvalue weighted by atomic mass is 9.96. The van der Waals surface area contributed by atoms with Gasteiger partial charge >= 0.3 is 0 Å². The molecule has 0 bridgehead atoms. The number of hydrogen-bond acceptors (Lipinski definition) is 18. The van der Waals surface area contributed by atoms with E-state index >= 15 is 0 Å². The molecule has 19 nitrogen and oxygen atoms in total. The van der Waals surface area contributed by atoms with Crippen LogP contribution in [0, 0.1) is 0 Å². The van der Waals surface area contributed by atoms with Gasteiger partial charge in [-0.1, -0.05) is 190 Å². The molecule has 470 valence electrons. The van der Waals surface area contributed by atoms with E-state index < -0.39 is 124 Å². The summed E-state index contributed by atoms with van der Waals surface area (Å²) in [6.45, 7) is 1.57. The Hall–Kier alpha value is -2.51. The van der Waals surface area contributed by atoms with Crippen molar-refractivity contribution in [1.82, 2.24) is 5.32 Å². The number of hydrogen-bond donors (Lipinski definition) is 12. The first-order valence-electron chi connectivity index (χ1n) is 31.0. The van der Waals surface area contributed by atoms with Crippen molar-refractivity contribution in [3.05, 3.63) is 60.8 Å². The predicted molar refractivity (Wildman–Crippen MR) is 309 cm³/mol. The van der Waals surface area contributed by atoms with Crippen molar-refractivity contribution in [1.29, 1.82) is 0 Å². The van der Waals surface area contributed by atoms with Gasteiger partial charge in [-0.15, -0.1) is 0 Å². The Bertz CT molecular complexity index is 1710. The fourth-order valence-corrected chi connectivity index (χ4v) is 10.2. The summed E-state index contributed by atoms with van der Waals surface area (Å²) in [5, 5.41) is 120. The predicted octanol–water partition coefficient (Wildman–Crippen LogP) is 6.04. The number of unbranched alkanes of at least 4 members (excludes halogenated alkanes) is 21. The van der Waals surface area contributed by atoms with Gasteiger partial charge in [0.05, 0.1) is 38.6 Å². The van der Waals surface area contributed by atoms with Gasteiger partial charge in [0.15, 0.2) is 18.9 Å². The van der Waals surface area contributed by atoms with Crippen molar-refractivity contribution in [3.8, 4) is 0 Å². The number of rotatable bonds is 45. The fourth-order valence-electron chi connectivity index (χ4n) is 10.2. The number of nitrogens with one attached hydrogen (secondary N) is 1. The third-order valence-electron chi connectivity index (χ3n) is 15.3. The smallest absolute Gasteiger partial charge is 0.220 e. The normalized spacial score (nSPS) is 30.2. The molecule has 3 aliphatic rings. The molecule has 17 atom stereocenters. The van der Waals surface area contributed by atoms with Crippen molar-refractivity contribution >= 4 is 5.91 Å². The molecule has 3 aliphatic heterocycles. The highest BCUT2D eigenvalue weighted by atomic mass is 16.8. The van der Waals surface area contributed by atoms with E-state index in [-0.39, 0.29) is 18.9 Å². The zero-order valence-electron chi connectivity index (χ0n) is 49.0. The molecule has 0 aromatic heterocycles. The highest BCUT2D eigenvalue weighted by Gasteiger charge is 2.53. The Labute approximate surface area is 484 Å². The van der Waals surface area contributed by atoms with Crippen molar-refractivity contribution in [2.45, 2.75) is 298 Å². The lowest BCUT2D eigenvalue weighted by Crippen LogP contribution is -2.66. The summed E-state index contributed by atoms with van der Waals surface area (Å²) in [5.41, 5.74) is 0. The van der Waals surface area contributed by atoms with Crippen LogP contribution in [0.15, 0.2) is 60.8 Å². The van der Waals surface area contributed by atoms with E-state index in [1.165, 1.54) is 103 Å². The minimum absolute atomic E-state index is 0.189. The molecule has 3 heterocycles. The minimum Gasteiger partial charge on any atom is -0.394 e. The van der Waals surface area contributed by atoms with E-state index in [0.29, 0.717) is 6.42 Å². The SMILES string of the molecule is CC/C=C\C/C=C\C/C=C\C/C=C\CCCCC(=O)NC(COC1OC(CO)C(OC2OC(CO)C(OC3OC(CO)C(O)C(O)C3O)C(O)C2O)C(O)C1O)C(O)/C=C/CCCCCCCCCCCCCCCCCCCCC. The van der Waals surface area contributed by atoms with E-state index in [9.17, 15) is 61.0 Å². The maximum absolute atomic E-state index is 13.3. The largest absolute Gasteiger partial charge is 0.394 e. The lowest BCUT2D eigenvalue weighted by molar-refractivity contribution is -0.379. The van der Waals surface area contributed by atoms with Crippen LogP contribution in [0.2, 0.25) is 0 Å². The Morgan fingerprint density at radius 3 is 1.33 bits per heavy atom. The van der Waals surface area contributed by atoms with Gasteiger partial charge in [0, 0.05) is 6.42 Å². The molecular formula is C62H109NO18. The second kappa shape index (κ2) is 44.9. The summed E-state index contributed by atoms with van der Waals surface area (Å²) in [6, 6.07) is -0.997. The Morgan fingerprint density at radius 2 is 0.852 bits per heavy atom. The minimum atomic E-state index is -1.98. The first kappa shape index (κ1) is 72.7. The molecule has 19 heteroatoms. The molecule has 3 rings (SSSR count). The first-order valence-corrected chi connectivity index (χ1v) is 31.0. The highest BCUT2D eigenvalue weighted by molar-refractivity contribution is 5.76. The third kappa shape index (κ3) is 28.5. The average molecular weight is 1160 g/mol.